The molecule has 1 heterocycles. The lowest BCUT2D eigenvalue weighted by Crippen LogP contribution is -2.51. The van der Waals surface area contributed by atoms with Gasteiger partial charge in [-0.3, -0.25) is 9.59 Å². The van der Waals surface area contributed by atoms with Crippen LogP contribution >= 0.6 is 11.8 Å². The van der Waals surface area contributed by atoms with Crippen molar-refractivity contribution in [1.29, 1.82) is 0 Å². The van der Waals surface area contributed by atoms with Gasteiger partial charge in [-0.25, -0.2) is 9.18 Å². The lowest BCUT2D eigenvalue weighted by atomic mass is 10.2. The number of hydrogen-bond acceptors (Lipinski definition) is 5. The van der Waals surface area contributed by atoms with E-state index in [1.54, 1.807) is 13.0 Å². The van der Waals surface area contributed by atoms with Crippen LogP contribution in [0.5, 0.6) is 0 Å². The Hall–Kier alpha value is -2.09. The Morgan fingerprint density at radius 2 is 2.26 bits per heavy atom. The second kappa shape index (κ2) is 7.96. The van der Waals surface area contributed by atoms with Crippen molar-refractivity contribution < 1.29 is 23.5 Å². The molecule has 2 rings (SSSR count). The second-order valence-corrected chi connectivity index (χ2v) is 6.13. The molecule has 1 fully saturated rings. The molecule has 0 radical (unpaired) electrons. The minimum atomic E-state index is -0.685. The summed E-state index contributed by atoms with van der Waals surface area (Å²) >= 11 is 1.23. The molecule has 0 saturated carbocycles. The summed E-state index contributed by atoms with van der Waals surface area (Å²) in [5, 5.41) is 4.51. The van der Waals surface area contributed by atoms with Crippen molar-refractivity contribution in [1.82, 2.24) is 5.32 Å². The Kier molecular flexibility index (Phi) is 5.97. The third kappa shape index (κ3) is 4.95. The molecule has 124 valence electrons. The maximum atomic E-state index is 13.1. The van der Waals surface area contributed by atoms with E-state index in [4.69, 9.17) is 4.74 Å². The van der Waals surface area contributed by atoms with Gasteiger partial charge in [-0.05, 0) is 25.1 Å². The maximum absolute atomic E-state index is 13.1. The summed E-state index contributed by atoms with van der Waals surface area (Å²) in [4.78, 5) is 35.5. The highest BCUT2D eigenvalue weighted by Gasteiger charge is 2.34. The molecule has 1 aromatic rings. The molecular formula is C15H17FN2O4S. The quantitative estimate of drug-likeness (QED) is 0.790. The van der Waals surface area contributed by atoms with Gasteiger partial charge in [0, 0.05) is 17.9 Å². The molecule has 0 aromatic heterocycles. The van der Waals surface area contributed by atoms with Crippen molar-refractivity contribution in [2.24, 2.45) is 0 Å². The molecule has 1 aliphatic rings. The van der Waals surface area contributed by atoms with Crippen LogP contribution in [-0.4, -0.2) is 41.4 Å². The van der Waals surface area contributed by atoms with Crippen LogP contribution in [0, 0.1) is 5.82 Å². The number of carbonyl (C=O) groups excluding carboxylic acids is 3. The molecule has 2 amide bonds. The number of benzene rings is 1. The first-order valence-electron chi connectivity index (χ1n) is 7.13. The van der Waals surface area contributed by atoms with E-state index in [2.05, 4.69) is 10.6 Å². The number of anilines is 1. The van der Waals surface area contributed by atoms with E-state index in [-0.39, 0.29) is 18.9 Å². The standard InChI is InChI=1S/C15H17FN2O4S/c1-2-22-15(21)11-8-23-12(14(20)18-11)7-13(19)17-10-5-3-4-9(16)6-10/h3-6,11-12H,2,7-8H2,1H3,(H,17,19)(H,18,20)/t11-,12-/m1/s1. The van der Waals surface area contributed by atoms with E-state index in [0.717, 1.165) is 0 Å². The third-order valence-corrected chi connectivity index (χ3v) is 4.43. The number of nitrogens with one attached hydrogen (secondary N) is 2. The molecule has 1 saturated heterocycles. The number of thioether (sulfide) groups is 1. The Morgan fingerprint density at radius 3 is 2.91 bits per heavy atom. The fourth-order valence-corrected chi connectivity index (χ4v) is 3.20. The average Bonchev–Trinajstić information content (AvgIpc) is 2.49. The van der Waals surface area contributed by atoms with Gasteiger partial charge in [0.1, 0.15) is 11.9 Å². The zero-order valence-electron chi connectivity index (χ0n) is 12.5. The lowest BCUT2D eigenvalue weighted by molar-refractivity contribution is -0.146. The molecule has 1 aliphatic heterocycles. The predicted molar refractivity (Wildman–Crippen MR) is 84.5 cm³/mol. The van der Waals surface area contributed by atoms with Gasteiger partial charge in [0.05, 0.1) is 11.9 Å². The number of carbonyl (C=O) groups is 3. The Labute approximate surface area is 137 Å². The summed E-state index contributed by atoms with van der Waals surface area (Å²) in [6.07, 6.45) is -0.0530. The molecule has 1 aromatic carbocycles. The van der Waals surface area contributed by atoms with Gasteiger partial charge in [-0.1, -0.05) is 6.07 Å². The number of hydrogen-bond donors (Lipinski definition) is 2. The summed E-state index contributed by atoms with van der Waals surface area (Å²) in [7, 11) is 0. The normalized spacial score (nSPS) is 20.5. The molecule has 8 heteroatoms. The van der Waals surface area contributed by atoms with Crippen LogP contribution in [0.4, 0.5) is 10.1 Å². The van der Waals surface area contributed by atoms with Crippen LogP contribution in [0.15, 0.2) is 24.3 Å². The second-order valence-electron chi connectivity index (χ2n) is 4.90. The van der Waals surface area contributed by atoms with E-state index >= 15 is 0 Å². The maximum Gasteiger partial charge on any atom is 0.329 e. The van der Waals surface area contributed by atoms with Gasteiger partial charge in [0.15, 0.2) is 0 Å². The topological polar surface area (TPSA) is 84.5 Å². The predicted octanol–water partition coefficient (Wildman–Crippen LogP) is 1.32. The average molecular weight is 340 g/mol. The van der Waals surface area contributed by atoms with Crippen molar-refractivity contribution >= 4 is 35.2 Å². The number of halogens is 1. The summed E-state index contributed by atoms with van der Waals surface area (Å²) in [5.74, 6) is -1.35. The fraction of sp³-hybridized carbons (Fsp3) is 0.400. The zero-order chi connectivity index (χ0) is 16.8. The molecule has 0 spiro atoms. The first kappa shape index (κ1) is 17.3. The summed E-state index contributed by atoms with van der Waals surface area (Å²) < 4.78 is 17.9. The SMILES string of the molecule is CCOC(=O)[C@H]1CS[C@H](CC(=O)Nc2cccc(F)c2)C(=O)N1. The van der Waals surface area contributed by atoms with Crippen molar-refractivity contribution in [3.05, 3.63) is 30.1 Å². The monoisotopic (exact) mass is 340 g/mol. The number of rotatable bonds is 5. The van der Waals surface area contributed by atoms with Crippen molar-refractivity contribution in [3.8, 4) is 0 Å². The third-order valence-electron chi connectivity index (χ3n) is 3.12. The van der Waals surface area contributed by atoms with Crippen molar-refractivity contribution in [2.75, 3.05) is 17.7 Å². The highest BCUT2D eigenvalue weighted by Crippen LogP contribution is 2.22. The molecular weight excluding hydrogens is 323 g/mol. The minimum Gasteiger partial charge on any atom is -0.464 e. The van der Waals surface area contributed by atoms with Crippen LogP contribution in [-0.2, 0) is 19.1 Å². The number of amides is 2. The molecule has 23 heavy (non-hydrogen) atoms. The largest absolute Gasteiger partial charge is 0.464 e. The first-order valence-corrected chi connectivity index (χ1v) is 8.18. The molecule has 0 bridgehead atoms. The van der Waals surface area contributed by atoms with Gasteiger partial charge < -0.3 is 15.4 Å². The fourth-order valence-electron chi connectivity index (χ4n) is 2.06. The van der Waals surface area contributed by atoms with Gasteiger partial charge in [0.2, 0.25) is 11.8 Å². The van der Waals surface area contributed by atoms with Gasteiger partial charge in [-0.2, -0.15) is 0 Å². The molecule has 0 aliphatic carbocycles. The lowest BCUT2D eigenvalue weighted by Gasteiger charge is -2.27. The van der Waals surface area contributed by atoms with E-state index in [1.165, 1.54) is 30.0 Å². The summed E-state index contributed by atoms with van der Waals surface area (Å²) in [5.41, 5.74) is 0.334. The van der Waals surface area contributed by atoms with Crippen molar-refractivity contribution in [2.45, 2.75) is 24.6 Å². The minimum absolute atomic E-state index is 0.0530. The van der Waals surface area contributed by atoms with Crippen molar-refractivity contribution in [3.63, 3.8) is 0 Å². The molecule has 2 atom stereocenters. The van der Waals surface area contributed by atoms with Gasteiger partial charge in [-0.15, -0.1) is 11.8 Å². The van der Waals surface area contributed by atoms with E-state index < -0.39 is 29.0 Å². The van der Waals surface area contributed by atoms with Gasteiger partial charge >= 0.3 is 5.97 Å². The summed E-state index contributed by atoms with van der Waals surface area (Å²) in [6.45, 7) is 1.94. The van der Waals surface area contributed by atoms with Crippen LogP contribution < -0.4 is 10.6 Å². The Morgan fingerprint density at radius 1 is 1.48 bits per heavy atom. The first-order chi connectivity index (χ1) is 11.0. The van der Waals surface area contributed by atoms with Crippen LogP contribution in [0.25, 0.3) is 0 Å². The number of esters is 1. The van der Waals surface area contributed by atoms with E-state index in [9.17, 15) is 18.8 Å². The summed E-state index contributed by atoms with van der Waals surface area (Å²) in [6, 6.07) is 4.83. The number of ether oxygens (including phenoxy) is 1. The van der Waals surface area contributed by atoms with Gasteiger partial charge in [0.25, 0.3) is 0 Å². The highest BCUT2D eigenvalue weighted by atomic mass is 32.2. The van der Waals surface area contributed by atoms with Crippen LogP contribution in [0.3, 0.4) is 0 Å². The molecule has 0 unspecified atom stereocenters. The Bertz CT molecular complexity index is 611. The molecule has 6 nitrogen and oxygen atoms in total. The van der Waals surface area contributed by atoms with Crippen LogP contribution in [0.2, 0.25) is 0 Å². The zero-order valence-corrected chi connectivity index (χ0v) is 13.3. The van der Waals surface area contributed by atoms with E-state index in [0.29, 0.717) is 11.4 Å². The van der Waals surface area contributed by atoms with E-state index in [1.807, 2.05) is 0 Å². The molecule has 2 N–H and O–H groups in total. The highest BCUT2D eigenvalue weighted by molar-refractivity contribution is 8.00. The smallest absolute Gasteiger partial charge is 0.329 e. The Balaban J connectivity index is 1.85. The van der Waals surface area contributed by atoms with Crippen LogP contribution in [0.1, 0.15) is 13.3 Å².